The fraction of sp³-hybridized carbons (Fsp3) is 0.182. The first-order valence-electron chi connectivity index (χ1n) is 4.90. The van der Waals surface area contributed by atoms with Crippen LogP contribution >= 0.6 is 27.3 Å². The highest BCUT2D eigenvalue weighted by Crippen LogP contribution is 2.28. The molecule has 0 atom stereocenters. The van der Waals surface area contributed by atoms with Crippen molar-refractivity contribution >= 4 is 54.3 Å². The van der Waals surface area contributed by atoms with E-state index < -0.39 is 0 Å². The molecule has 0 fully saturated rings. The Kier molecular flexibility index (Phi) is 3.54. The van der Waals surface area contributed by atoms with Crippen molar-refractivity contribution in [3.63, 3.8) is 0 Å². The number of ketones is 1. The number of anilines is 1. The number of fused-ring (bicyclic) bond motifs is 1. The van der Waals surface area contributed by atoms with Crippen LogP contribution in [0.4, 0.5) is 5.13 Å². The normalized spacial score (nSPS) is 10.5. The smallest absolute Gasteiger partial charge is 0.233 e. The number of rotatable bonds is 3. The Morgan fingerprint density at radius 3 is 2.94 bits per heavy atom. The number of nitrogens with one attached hydrogen (secondary N) is 1. The van der Waals surface area contributed by atoms with Crippen LogP contribution in [0.5, 0.6) is 0 Å². The molecule has 1 N–H and O–H groups in total. The van der Waals surface area contributed by atoms with Crippen LogP contribution in [0, 0.1) is 0 Å². The van der Waals surface area contributed by atoms with E-state index in [1.165, 1.54) is 18.3 Å². The van der Waals surface area contributed by atoms with E-state index in [0.717, 1.165) is 14.7 Å². The molecule has 6 heteroatoms. The van der Waals surface area contributed by atoms with Gasteiger partial charge >= 0.3 is 0 Å². The number of thiazole rings is 1. The molecule has 0 unspecified atom stereocenters. The number of benzene rings is 1. The number of amides is 1. The van der Waals surface area contributed by atoms with Crippen LogP contribution < -0.4 is 5.32 Å². The molecule has 0 saturated heterocycles. The molecule has 1 aromatic heterocycles. The molecule has 4 nitrogen and oxygen atoms in total. The number of carbonyl (C=O) groups excluding carboxylic acids is 2. The quantitative estimate of drug-likeness (QED) is 0.886. The maximum atomic E-state index is 11.4. The summed E-state index contributed by atoms with van der Waals surface area (Å²) in [5.41, 5.74) is 0.830. The molecular weight excluding hydrogens is 304 g/mol. The monoisotopic (exact) mass is 312 g/mol. The summed E-state index contributed by atoms with van der Waals surface area (Å²) in [5.74, 6) is -0.484. The zero-order valence-electron chi connectivity index (χ0n) is 8.99. The third-order valence-corrected chi connectivity index (χ3v) is 3.43. The minimum atomic E-state index is -0.323. The highest BCUT2D eigenvalue weighted by atomic mass is 79.9. The summed E-state index contributed by atoms with van der Waals surface area (Å²) in [4.78, 5) is 26.4. The molecule has 17 heavy (non-hydrogen) atoms. The van der Waals surface area contributed by atoms with Crippen molar-refractivity contribution in [3.8, 4) is 0 Å². The van der Waals surface area contributed by atoms with Gasteiger partial charge in [0, 0.05) is 4.47 Å². The van der Waals surface area contributed by atoms with Crippen molar-refractivity contribution in [3.05, 3.63) is 22.7 Å². The topological polar surface area (TPSA) is 59.1 Å². The number of hydrogen-bond donors (Lipinski definition) is 1. The number of carbonyl (C=O) groups is 2. The molecule has 2 aromatic rings. The maximum Gasteiger partial charge on any atom is 0.233 e. The molecule has 88 valence electrons. The first-order valence-corrected chi connectivity index (χ1v) is 6.51. The third kappa shape index (κ3) is 3.10. The number of halogens is 1. The first kappa shape index (κ1) is 12.2. The van der Waals surface area contributed by atoms with Crippen LogP contribution in [0.3, 0.4) is 0 Å². The highest BCUT2D eigenvalue weighted by Gasteiger charge is 2.09. The van der Waals surface area contributed by atoms with E-state index in [0.29, 0.717) is 5.13 Å². The lowest BCUT2D eigenvalue weighted by Crippen LogP contribution is -2.14. The van der Waals surface area contributed by atoms with E-state index >= 15 is 0 Å². The first-order chi connectivity index (χ1) is 8.04. The molecule has 1 aromatic carbocycles. The summed E-state index contributed by atoms with van der Waals surface area (Å²) in [5, 5.41) is 3.13. The number of aromatic nitrogens is 1. The van der Waals surface area contributed by atoms with Gasteiger partial charge in [-0.2, -0.15) is 0 Å². The van der Waals surface area contributed by atoms with Crippen molar-refractivity contribution in [2.24, 2.45) is 0 Å². The molecule has 0 saturated carbocycles. The number of hydrogen-bond acceptors (Lipinski definition) is 4. The van der Waals surface area contributed by atoms with Crippen LogP contribution in [0.2, 0.25) is 0 Å². The van der Waals surface area contributed by atoms with E-state index in [1.54, 1.807) is 0 Å². The molecule has 0 aliphatic carbocycles. The predicted octanol–water partition coefficient (Wildman–Crippen LogP) is 2.98. The summed E-state index contributed by atoms with van der Waals surface area (Å²) >= 11 is 4.75. The molecule has 0 spiro atoms. The van der Waals surface area contributed by atoms with Gasteiger partial charge in [0.2, 0.25) is 5.91 Å². The number of nitrogens with zero attached hydrogens (tertiary/aromatic N) is 1. The molecule has 2 rings (SSSR count). The van der Waals surface area contributed by atoms with Gasteiger partial charge in [0.1, 0.15) is 5.78 Å². The molecule has 1 heterocycles. The lowest BCUT2D eigenvalue weighted by Gasteiger charge is -1.97. The van der Waals surface area contributed by atoms with Gasteiger partial charge in [-0.1, -0.05) is 27.3 Å². The second-order valence-corrected chi connectivity index (χ2v) is 5.50. The van der Waals surface area contributed by atoms with Crippen molar-refractivity contribution in [2.75, 3.05) is 5.32 Å². The Balaban J connectivity index is 2.19. The van der Waals surface area contributed by atoms with Gasteiger partial charge < -0.3 is 5.32 Å². The SMILES string of the molecule is CC(=O)CC(=O)Nc1nc2ccc(Br)cc2s1. The van der Waals surface area contributed by atoms with Crippen molar-refractivity contribution in [1.29, 1.82) is 0 Å². The molecule has 0 aliphatic heterocycles. The van der Waals surface area contributed by atoms with E-state index in [9.17, 15) is 9.59 Å². The second kappa shape index (κ2) is 4.93. The van der Waals surface area contributed by atoms with Gasteiger partial charge in [-0.15, -0.1) is 0 Å². The lowest BCUT2D eigenvalue weighted by atomic mass is 10.3. The minimum Gasteiger partial charge on any atom is -0.302 e. The zero-order valence-corrected chi connectivity index (χ0v) is 11.4. The Hall–Kier alpha value is -1.27. The average molecular weight is 313 g/mol. The standard InChI is InChI=1S/C11H9BrN2O2S/c1-6(15)4-10(16)14-11-13-8-3-2-7(12)5-9(8)17-11/h2-3,5H,4H2,1H3,(H,13,14,16). The number of Topliss-reactive ketones (excluding diaryl/α,β-unsaturated/α-hetero) is 1. The summed E-state index contributed by atoms with van der Waals surface area (Å²) in [6, 6.07) is 5.70. The Labute approximate surface area is 110 Å². The van der Waals surface area contributed by atoms with Crippen molar-refractivity contribution in [1.82, 2.24) is 4.98 Å². The highest BCUT2D eigenvalue weighted by molar-refractivity contribution is 9.10. The lowest BCUT2D eigenvalue weighted by molar-refractivity contribution is -0.124. The molecule has 0 radical (unpaired) electrons. The Bertz CT molecular complexity index is 594. The van der Waals surface area contributed by atoms with Crippen LogP contribution in [0.25, 0.3) is 10.2 Å². The van der Waals surface area contributed by atoms with Crippen LogP contribution in [0.15, 0.2) is 22.7 Å². The van der Waals surface area contributed by atoms with E-state index in [4.69, 9.17) is 0 Å². The molecule has 1 amide bonds. The van der Waals surface area contributed by atoms with E-state index in [2.05, 4.69) is 26.2 Å². The van der Waals surface area contributed by atoms with E-state index in [1.807, 2.05) is 18.2 Å². The van der Waals surface area contributed by atoms with Crippen molar-refractivity contribution in [2.45, 2.75) is 13.3 Å². The fourth-order valence-corrected chi connectivity index (χ4v) is 2.78. The minimum absolute atomic E-state index is 0.111. The van der Waals surface area contributed by atoms with Gasteiger partial charge in [-0.05, 0) is 25.1 Å². The largest absolute Gasteiger partial charge is 0.302 e. The van der Waals surface area contributed by atoms with Crippen LogP contribution in [-0.2, 0) is 9.59 Å². The van der Waals surface area contributed by atoms with Crippen LogP contribution in [0.1, 0.15) is 13.3 Å². The Morgan fingerprint density at radius 1 is 1.47 bits per heavy atom. The molecular formula is C11H9BrN2O2S. The molecule has 0 aliphatic rings. The van der Waals surface area contributed by atoms with Gasteiger partial charge in [-0.25, -0.2) is 4.98 Å². The van der Waals surface area contributed by atoms with Gasteiger partial charge in [0.25, 0.3) is 0 Å². The summed E-state index contributed by atoms with van der Waals surface area (Å²) in [6.45, 7) is 1.38. The average Bonchev–Trinajstić information content (AvgIpc) is 2.57. The van der Waals surface area contributed by atoms with E-state index in [-0.39, 0.29) is 18.1 Å². The van der Waals surface area contributed by atoms with Crippen LogP contribution in [-0.4, -0.2) is 16.7 Å². The maximum absolute atomic E-state index is 11.4. The Morgan fingerprint density at radius 2 is 2.24 bits per heavy atom. The zero-order chi connectivity index (χ0) is 12.4. The van der Waals surface area contributed by atoms with Crippen molar-refractivity contribution < 1.29 is 9.59 Å². The summed E-state index contributed by atoms with van der Waals surface area (Å²) < 4.78 is 1.95. The fourth-order valence-electron chi connectivity index (χ4n) is 1.34. The third-order valence-electron chi connectivity index (χ3n) is 2.01. The summed E-state index contributed by atoms with van der Waals surface area (Å²) in [7, 11) is 0. The van der Waals surface area contributed by atoms with Gasteiger partial charge in [0.05, 0.1) is 16.6 Å². The summed E-state index contributed by atoms with van der Waals surface area (Å²) in [6.07, 6.45) is -0.111. The second-order valence-electron chi connectivity index (χ2n) is 3.56. The van der Waals surface area contributed by atoms with Gasteiger partial charge in [0.15, 0.2) is 5.13 Å². The van der Waals surface area contributed by atoms with Gasteiger partial charge in [-0.3, -0.25) is 9.59 Å². The predicted molar refractivity (Wildman–Crippen MR) is 71.2 cm³/mol. The molecule has 0 bridgehead atoms.